The zero-order valence-corrected chi connectivity index (χ0v) is 13.8. The van der Waals surface area contributed by atoms with Crippen LogP contribution in [0.2, 0.25) is 5.02 Å². The van der Waals surface area contributed by atoms with Gasteiger partial charge in [0, 0.05) is 5.02 Å². The van der Waals surface area contributed by atoms with Crippen LogP contribution in [-0.4, -0.2) is 41.8 Å². The summed E-state index contributed by atoms with van der Waals surface area (Å²) < 4.78 is 10.7. The standard InChI is InChI=1S/C16H20ClNO5/c1-4-9-22-10-13(14(19)20)18-15(21)16(2,3)23-12-7-5-11(17)6-8-12/h4-8,13H,1,9-10H2,2-3H3,(H,18,21)(H,19,20). The van der Waals surface area contributed by atoms with Gasteiger partial charge in [-0.2, -0.15) is 0 Å². The van der Waals surface area contributed by atoms with E-state index in [1.165, 1.54) is 6.08 Å². The van der Waals surface area contributed by atoms with E-state index in [0.29, 0.717) is 10.8 Å². The first-order chi connectivity index (χ1) is 10.8. The number of benzene rings is 1. The Morgan fingerprint density at radius 1 is 1.39 bits per heavy atom. The first-order valence-electron chi connectivity index (χ1n) is 6.93. The van der Waals surface area contributed by atoms with Gasteiger partial charge in [0.1, 0.15) is 5.75 Å². The predicted molar refractivity (Wildman–Crippen MR) is 86.7 cm³/mol. The number of carbonyl (C=O) groups excluding carboxylic acids is 1. The second-order valence-corrected chi connectivity index (χ2v) is 5.69. The third-order valence-electron chi connectivity index (χ3n) is 2.86. The second kappa shape index (κ2) is 8.55. The summed E-state index contributed by atoms with van der Waals surface area (Å²) in [5, 5.41) is 12.1. The molecule has 0 heterocycles. The van der Waals surface area contributed by atoms with Crippen LogP contribution in [0.3, 0.4) is 0 Å². The van der Waals surface area contributed by atoms with Gasteiger partial charge < -0.3 is 19.9 Å². The smallest absolute Gasteiger partial charge is 0.328 e. The Morgan fingerprint density at radius 3 is 2.52 bits per heavy atom. The van der Waals surface area contributed by atoms with E-state index in [1.54, 1.807) is 38.1 Å². The van der Waals surface area contributed by atoms with Gasteiger partial charge in [0.2, 0.25) is 0 Å². The normalized spacial score (nSPS) is 12.3. The van der Waals surface area contributed by atoms with Gasteiger partial charge in [-0.3, -0.25) is 4.79 Å². The fraction of sp³-hybridized carbons (Fsp3) is 0.375. The van der Waals surface area contributed by atoms with Crippen molar-refractivity contribution in [3.05, 3.63) is 41.9 Å². The third-order valence-corrected chi connectivity index (χ3v) is 3.11. The molecule has 7 heteroatoms. The van der Waals surface area contributed by atoms with Crippen LogP contribution in [0, 0.1) is 0 Å². The lowest BCUT2D eigenvalue weighted by Crippen LogP contribution is -2.53. The lowest BCUT2D eigenvalue weighted by Gasteiger charge is -2.27. The molecule has 126 valence electrons. The average molecular weight is 342 g/mol. The Labute approximate surface area is 140 Å². The number of amides is 1. The van der Waals surface area contributed by atoms with Crippen molar-refractivity contribution in [1.29, 1.82) is 0 Å². The largest absolute Gasteiger partial charge is 0.480 e. The summed E-state index contributed by atoms with van der Waals surface area (Å²) in [7, 11) is 0. The first-order valence-corrected chi connectivity index (χ1v) is 7.31. The van der Waals surface area contributed by atoms with E-state index in [4.69, 9.17) is 26.2 Å². The summed E-state index contributed by atoms with van der Waals surface area (Å²) in [6, 6.07) is 5.34. The van der Waals surface area contributed by atoms with Gasteiger partial charge >= 0.3 is 5.97 Å². The van der Waals surface area contributed by atoms with E-state index < -0.39 is 23.5 Å². The highest BCUT2D eigenvalue weighted by atomic mass is 35.5. The maximum Gasteiger partial charge on any atom is 0.328 e. The Bertz CT molecular complexity index is 556. The minimum absolute atomic E-state index is 0.163. The number of aliphatic carboxylic acids is 1. The van der Waals surface area contributed by atoms with Crippen molar-refractivity contribution in [2.24, 2.45) is 0 Å². The molecule has 1 unspecified atom stereocenters. The number of carboxylic acid groups (broad SMARTS) is 1. The summed E-state index contributed by atoms with van der Waals surface area (Å²) in [5.74, 6) is -1.31. The van der Waals surface area contributed by atoms with E-state index >= 15 is 0 Å². The third kappa shape index (κ3) is 6.30. The molecule has 2 N–H and O–H groups in total. The molecule has 1 rings (SSSR count). The molecule has 6 nitrogen and oxygen atoms in total. The molecule has 0 aromatic heterocycles. The molecular weight excluding hydrogens is 322 g/mol. The number of nitrogens with one attached hydrogen (secondary N) is 1. The molecule has 0 aliphatic carbocycles. The van der Waals surface area contributed by atoms with Crippen molar-refractivity contribution in [3.8, 4) is 5.75 Å². The Hall–Kier alpha value is -2.05. The van der Waals surface area contributed by atoms with E-state index in [-0.39, 0.29) is 13.2 Å². The number of carbonyl (C=O) groups is 2. The van der Waals surface area contributed by atoms with E-state index in [2.05, 4.69) is 11.9 Å². The van der Waals surface area contributed by atoms with Gasteiger partial charge in [0.25, 0.3) is 5.91 Å². The maximum absolute atomic E-state index is 12.3. The maximum atomic E-state index is 12.3. The van der Waals surface area contributed by atoms with Crippen molar-refractivity contribution >= 4 is 23.5 Å². The number of halogens is 1. The quantitative estimate of drug-likeness (QED) is 0.531. The summed E-state index contributed by atoms with van der Waals surface area (Å²) in [5.41, 5.74) is -1.26. The SMILES string of the molecule is C=CCOCC(NC(=O)C(C)(C)Oc1ccc(Cl)cc1)C(=O)O. The van der Waals surface area contributed by atoms with Crippen LogP contribution >= 0.6 is 11.6 Å². The van der Waals surface area contributed by atoms with Crippen LogP contribution in [-0.2, 0) is 14.3 Å². The lowest BCUT2D eigenvalue weighted by atomic mass is 10.1. The number of hydrogen-bond donors (Lipinski definition) is 2. The van der Waals surface area contributed by atoms with Crippen LogP contribution in [0.4, 0.5) is 0 Å². The van der Waals surface area contributed by atoms with E-state index in [0.717, 1.165) is 0 Å². The lowest BCUT2D eigenvalue weighted by molar-refractivity contribution is -0.146. The van der Waals surface area contributed by atoms with Crippen molar-refractivity contribution in [2.45, 2.75) is 25.5 Å². The molecule has 0 spiro atoms. The van der Waals surface area contributed by atoms with Gasteiger partial charge in [0.05, 0.1) is 13.2 Å². The van der Waals surface area contributed by atoms with Crippen LogP contribution in [0.15, 0.2) is 36.9 Å². The molecular formula is C16H20ClNO5. The van der Waals surface area contributed by atoms with Crippen LogP contribution < -0.4 is 10.1 Å². The number of ether oxygens (including phenoxy) is 2. The molecule has 0 fully saturated rings. The highest BCUT2D eigenvalue weighted by Crippen LogP contribution is 2.21. The summed E-state index contributed by atoms with van der Waals surface area (Å²) in [6.07, 6.45) is 1.49. The topological polar surface area (TPSA) is 84.9 Å². The number of carboxylic acids is 1. The fourth-order valence-electron chi connectivity index (χ4n) is 1.62. The van der Waals surface area contributed by atoms with Crippen LogP contribution in [0.5, 0.6) is 5.75 Å². The molecule has 0 aliphatic rings. The minimum atomic E-state index is -1.26. The molecule has 1 atom stereocenters. The molecule has 23 heavy (non-hydrogen) atoms. The van der Waals surface area contributed by atoms with Gasteiger partial charge in [-0.25, -0.2) is 4.79 Å². The highest BCUT2D eigenvalue weighted by Gasteiger charge is 2.33. The summed E-state index contributed by atoms with van der Waals surface area (Å²) >= 11 is 5.79. The average Bonchev–Trinajstić information content (AvgIpc) is 2.48. The molecule has 0 bridgehead atoms. The van der Waals surface area contributed by atoms with Crippen LogP contribution in [0.1, 0.15) is 13.8 Å². The minimum Gasteiger partial charge on any atom is -0.480 e. The summed E-state index contributed by atoms with van der Waals surface area (Å²) in [6.45, 7) is 6.59. The van der Waals surface area contributed by atoms with Crippen molar-refractivity contribution in [2.75, 3.05) is 13.2 Å². The summed E-state index contributed by atoms with van der Waals surface area (Å²) in [4.78, 5) is 23.5. The number of rotatable bonds is 9. The molecule has 0 saturated carbocycles. The van der Waals surface area contributed by atoms with Crippen LogP contribution in [0.25, 0.3) is 0 Å². The molecule has 0 saturated heterocycles. The predicted octanol–water partition coefficient (Wildman–Crippen LogP) is 2.27. The monoisotopic (exact) mass is 341 g/mol. The molecule has 0 radical (unpaired) electrons. The Kier molecular flexibility index (Phi) is 7.06. The number of hydrogen-bond acceptors (Lipinski definition) is 4. The Morgan fingerprint density at radius 2 is 2.00 bits per heavy atom. The zero-order chi connectivity index (χ0) is 17.5. The van der Waals surface area contributed by atoms with Gasteiger partial charge in [-0.05, 0) is 38.1 Å². The van der Waals surface area contributed by atoms with Gasteiger partial charge in [-0.15, -0.1) is 6.58 Å². The van der Waals surface area contributed by atoms with E-state index in [9.17, 15) is 9.59 Å². The van der Waals surface area contributed by atoms with E-state index in [1.807, 2.05) is 0 Å². The van der Waals surface area contributed by atoms with Crippen molar-refractivity contribution < 1.29 is 24.2 Å². The molecule has 1 aromatic carbocycles. The molecule has 1 aromatic rings. The van der Waals surface area contributed by atoms with Crippen molar-refractivity contribution in [3.63, 3.8) is 0 Å². The van der Waals surface area contributed by atoms with Crippen molar-refractivity contribution in [1.82, 2.24) is 5.32 Å². The van der Waals surface area contributed by atoms with Gasteiger partial charge in [0.15, 0.2) is 11.6 Å². The highest BCUT2D eigenvalue weighted by molar-refractivity contribution is 6.30. The Balaban J connectivity index is 2.69. The second-order valence-electron chi connectivity index (χ2n) is 5.26. The molecule has 1 amide bonds. The molecule has 0 aliphatic heterocycles. The first kappa shape index (κ1) is 19.0. The zero-order valence-electron chi connectivity index (χ0n) is 13.0. The fourth-order valence-corrected chi connectivity index (χ4v) is 1.75. The van der Waals surface area contributed by atoms with Gasteiger partial charge in [-0.1, -0.05) is 17.7 Å².